The van der Waals surface area contributed by atoms with Gasteiger partial charge in [0.05, 0.1) is 0 Å². The lowest BCUT2D eigenvalue weighted by atomic mass is 9.78. The maximum atomic E-state index is 5.67. The number of halogens is 2. The molecule has 0 aromatic heterocycles. The molecule has 0 unspecified atom stereocenters. The average Bonchev–Trinajstić information content (AvgIpc) is 2.63. The van der Waals surface area contributed by atoms with Gasteiger partial charge in [-0.15, -0.1) is 24.8 Å². The van der Waals surface area contributed by atoms with Crippen LogP contribution in [0.4, 0.5) is 0 Å². The second-order valence-electron chi connectivity index (χ2n) is 7.72. The van der Waals surface area contributed by atoms with E-state index in [0.717, 1.165) is 45.3 Å². The third-order valence-electron chi connectivity index (χ3n) is 6.61. The molecule has 3 nitrogen and oxygen atoms in total. The highest BCUT2D eigenvalue weighted by Gasteiger charge is 2.34. The second-order valence-corrected chi connectivity index (χ2v) is 7.72. The lowest BCUT2D eigenvalue weighted by Gasteiger charge is -2.43. The minimum Gasteiger partial charge on any atom is -0.381 e. The Hall–Kier alpha value is -0.320. The summed E-state index contributed by atoms with van der Waals surface area (Å²) in [5.74, 6) is 0.718. The van der Waals surface area contributed by atoms with E-state index in [0.29, 0.717) is 6.04 Å². The van der Waals surface area contributed by atoms with E-state index in [9.17, 15) is 0 Å². The zero-order valence-electron chi connectivity index (χ0n) is 17.0. The van der Waals surface area contributed by atoms with Gasteiger partial charge in [-0.25, -0.2) is 0 Å². The van der Waals surface area contributed by atoms with Crippen molar-refractivity contribution in [3.05, 3.63) is 33.4 Å². The smallest absolute Gasteiger partial charge is 0.0469 e. The lowest BCUT2D eigenvalue weighted by Crippen LogP contribution is -2.48. The standard InChI is InChI=1S/C21H34N2O.2ClH/c1-14-15(2)17(4)20(18(5)16(14)3)21(19-6-12-24-13-7-19)23-10-8-22-9-11-23;;/h19,21-22H,6-13H2,1-5H3;2*1H/t21-;;/m1../s1. The van der Waals surface area contributed by atoms with Crippen molar-refractivity contribution in [2.75, 3.05) is 39.4 Å². The molecule has 0 saturated carbocycles. The quantitative estimate of drug-likeness (QED) is 0.807. The van der Waals surface area contributed by atoms with Crippen LogP contribution in [0.3, 0.4) is 0 Å². The molecular weight excluding hydrogens is 367 g/mol. The Morgan fingerprint density at radius 1 is 0.808 bits per heavy atom. The largest absolute Gasteiger partial charge is 0.381 e. The van der Waals surface area contributed by atoms with Crippen molar-refractivity contribution < 1.29 is 4.74 Å². The predicted molar refractivity (Wildman–Crippen MR) is 115 cm³/mol. The molecule has 0 spiro atoms. The second kappa shape index (κ2) is 10.3. The zero-order chi connectivity index (χ0) is 17.3. The SMILES string of the molecule is Cc1c(C)c(C)c([C@@H](C2CCOCC2)N2CCNCC2)c(C)c1C.Cl.Cl. The molecule has 150 valence electrons. The van der Waals surface area contributed by atoms with Crippen molar-refractivity contribution in [1.82, 2.24) is 10.2 Å². The third kappa shape index (κ3) is 4.56. The fraction of sp³-hybridized carbons (Fsp3) is 0.714. The summed E-state index contributed by atoms with van der Waals surface area (Å²) in [6, 6.07) is 0.550. The van der Waals surface area contributed by atoms with E-state index in [1.54, 1.807) is 5.56 Å². The summed E-state index contributed by atoms with van der Waals surface area (Å²) in [6.45, 7) is 18.0. The number of nitrogens with one attached hydrogen (secondary N) is 1. The average molecular weight is 403 g/mol. The van der Waals surface area contributed by atoms with E-state index < -0.39 is 0 Å². The van der Waals surface area contributed by atoms with Gasteiger partial charge in [0.15, 0.2) is 0 Å². The number of benzene rings is 1. The number of ether oxygens (including phenoxy) is 1. The van der Waals surface area contributed by atoms with Crippen LogP contribution in [0.25, 0.3) is 0 Å². The van der Waals surface area contributed by atoms with Crippen LogP contribution in [0.15, 0.2) is 0 Å². The summed E-state index contributed by atoms with van der Waals surface area (Å²) in [7, 11) is 0. The Labute approximate surface area is 172 Å². The minimum atomic E-state index is 0. The van der Waals surface area contributed by atoms with Gasteiger partial charge in [-0.2, -0.15) is 0 Å². The molecule has 0 radical (unpaired) electrons. The van der Waals surface area contributed by atoms with Crippen molar-refractivity contribution >= 4 is 24.8 Å². The van der Waals surface area contributed by atoms with Gasteiger partial charge in [-0.1, -0.05) is 0 Å². The highest BCUT2D eigenvalue weighted by molar-refractivity contribution is 5.85. The maximum absolute atomic E-state index is 5.67. The molecule has 1 atom stereocenters. The minimum absolute atomic E-state index is 0. The summed E-state index contributed by atoms with van der Waals surface area (Å²) in [5.41, 5.74) is 9.10. The van der Waals surface area contributed by atoms with Gasteiger partial charge in [0.2, 0.25) is 0 Å². The van der Waals surface area contributed by atoms with Crippen molar-refractivity contribution in [1.29, 1.82) is 0 Å². The van der Waals surface area contributed by atoms with Crippen molar-refractivity contribution in [3.63, 3.8) is 0 Å². The molecule has 1 N–H and O–H groups in total. The maximum Gasteiger partial charge on any atom is 0.0469 e. The zero-order valence-corrected chi connectivity index (χ0v) is 18.6. The summed E-state index contributed by atoms with van der Waals surface area (Å²) in [4.78, 5) is 2.75. The van der Waals surface area contributed by atoms with Crippen LogP contribution >= 0.6 is 24.8 Å². The van der Waals surface area contributed by atoms with Crippen LogP contribution in [0.2, 0.25) is 0 Å². The molecule has 0 aliphatic carbocycles. The van der Waals surface area contributed by atoms with Crippen LogP contribution in [0.1, 0.15) is 52.3 Å². The third-order valence-corrected chi connectivity index (χ3v) is 6.61. The molecule has 1 aromatic carbocycles. The molecule has 5 heteroatoms. The van der Waals surface area contributed by atoms with Crippen molar-refractivity contribution in [3.8, 4) is 0 Å². The summed E-state index contributed by atoms with van der Waals surface area (Å²) >= 11 is 0. The Bertz CT molecular complexity index is 547. The molecule has 2 aliphatic heterocycles. The number of hydrogen-bond acceptors (Lipinski definition) is 3. The molecule has 2 saturated heterocycles. The summed E-state index contributed by atoms with van der Waals surface area (Å²) < 4.78 is 5.67. The first-order valence-corrected chi connectivity index (χ1v) is 9.61. The molecule has 1 aromatic rings. The van der Waals surface area contributed by atoms with Gasteiger partial charge in [0, 0.05) is 45.4 Å². The van der Waals surface area contributed by atoms with E-state index in [1.807, 2.05) is 0 Å². The number of nitrogens with zero attached hydrogens (tertiary/aromatic N) is 1. The van der Waals surface area contributed by atoms with Gasteiger partial charge >= 0.3 is 0 Å². The lowest BCUT2D eigenvalue weighted by molar-refractivity contribution is 0.0209. The normalized spacial score (nSPS) is 20.2. The molecular formula is C21H36Cl2N2O. The fourth-order valence-electron chi connectivity index (χ4n) is 4.68. The van der Waals surface area contributed by atoms with Crippen LogP contribution < -0.4 is 5.32 Å². The van der Waals surface area contributed by atoms with Gasteiger partial charge in [0.25, 0.3) is 0 Å². The first kappa shape index (κ1) is 23.7. The van der Waals surface area contributed by atoms with Gasteiger partial charge in [-0.05, 0) is 86.8 Å². The van der Waals surface area contributed by atoms with E-state index in [4.69, 9.17) is 4.74 Å². The van der Waals surface area contributed by atoms with Gasteiger partial charge < -0.3 is 10.1 Å². The van der Waals surface area contributed by atoms with Crippen molar-refractivity contribution in [2.45, 2.75) is 53.5 Å². The van der Waals surface area contributed by atoms with E-state index >= 15 is 0 Å². The highest BCUT2D eigenvalue weighted by Crippen LogP contribution is 2.40. The van der Waals surface area contributed by atoms with Gasteiger partial charge in [0.1, 0.15) is 0 Å². The molecule has 3 rings (SSSR count). The Kier molecular flexibility index (Phi) is 9.38. The van der Waals surface area contributed by atoms with Gasteiger partial charge in [-0.3, -0.25) is 4.90 Å². The molecule has 2 heterocycles. The number of piperazine rings is 1. The molecule has 0 bridgehead atoms. The van der Waals surface area contributed by atoms with Crippen LogP contribution in [-0.2, 0) is 4.74 Å². The highest BCUT2D eigenvalue weighted by atomic mass is 35.5. The molecule has 2 fully saturated rings. The molecule has 26 heavy (non-hydrogen) atoms. The Balaban J connectivity index is 0.00000169. The Morgan fingerprint density at radius 2 is 1.27 bits per heavy atom. The van der Waals surface area contributed by atoms with E-state index in [1.165, 1.54) is 40.7 Å². The van der Waals surface area contributed by atoms with Crippen LogP contribution in [-0.4, -0.2) is 44.3 Å². The fourth-order valence-corrected chi connectivity index (χ4v) is 4.68. The summed E-state index contributed by atoms with van der Waals surface area (Å²) in [5, 5.41) is 3.52. The Morgan fingerprint density at radius 3 is 1.77 bits per heavy atom. The van der Waals surface area contributed by atoms with Crippen LogP contribution in [0, 0.1) is 40.5 Å². The first-order chi connectivity index (χ1) is 11.5. The van der Waals surface area contributed by atoms with E-state index in [2.05, 4.69) is 44.8 Å². The molecule has 0 amide bonds. The van der Waals surface area contributed by atoms with E-state index in [-0.39, 0.29) is 24.8 Å². The number of rotatable bonds is 3. The predicted octanol–water partition coefficient (Wildman–Crippen LogP) is 4.45. The summed E-state index contributed by atoms with van der Waals surface area (Å²) in [6.07, 6.45) is 2.39. The topological polar surface area (TPSA) is 24.5 Å². The monoisotopic (exact) mass is 402 g/mol. The number of hydrogen-bond donors (Lipinski definition) is 1. The van der Waals surface area contributed by atoms with Crippen LogP contribution in [0.5, 0.6) is 0 Å². The molecule has 2 aliphatic rings. The van der Waals surface area contributed by atoms with Crippen molar-refractivity contribution in [2.24, 2.45) is 5.92 Å². The first-order valence-electron chi connectivity index (χ1n) is 9.61.